The molecule has 1 N–H and O–H groups in total. The van der Waals surface area contributed by atoms with Crippen molar-refractivity contribution in [3.63, 3.8) is 0 Å². The maximum atomic E-state index is 5.84. The van der Waals surface area contributed by atoms with Crippen LogP contribution in [0.5, 0.6) is 0 Å². The van der Waals surface area contributed by atoms with Crippen LogP contribution in [0.4, 0.5) is 0 Å². The average Bonchev–Trinajstić information content (AvgIpc) is 2.38. The molecule has 1 fully saturated rings. The number of alkyl halides is 1. The van der Waals surface area contributed by atoms with Crippen molar-refractivity contribution >= 4 is 11.6 Å². The summed E-state index contributed by atoms with van der Waals surface area (Å²) in [6, 6.07) is 0. The summed E-state index contributed by atoms with van der Waals surface area (Å²) < 4.78 is 5.31. The van der Waals surface area contributed by atoms with E-state index in [9.17, 15) is 0 Å². The van der Waals surface area contributed by atoms with Crippen molar-refractivity contribution < 1.29 is 4.74 Å². The number of halogens is 1. The van der Waals surface area contributed by atoms with Gasteiger partial charge in [0.05, 0.1) is 13.2 Å². The zero-order valence-corrected chi connectivity index (χ0v) is 10.9. The highest BCUT2D eigenvalue weighted by Gasteiger charge is 2.15. The van der Waals surface area contributed by atoms with Crippen molar-refractivity contribution in [3.05, 3.63) is 0 Å². The molecule has 5 nitrogen and oxygen atoms in total. The van der Waals surface area contributed by atoms with Crippen LogP contribution in [-0.4, -0.2) is 56.0 Å². The predicted molar refractivity (Wildman–Crippen MR) is 67.4 cm³/mol. The molecule has 2 heterocycles. The number of hydrogen-bond acceptors (Lipinski definition) is 5. The number of azo groups is 1. The smallest absolute Gasteiger partial charge is 0.144 e. The molecule has 2 atom stereocenters. The van der Waals surface area contributed by atoms with Crippen molar-refractivity contribution in [2.75, 3.05) is 39.4 Å². The molecule has 0 aromatic rings. The van der Waals surface area contributed by atoms with Crippen LogP contribution in [0.25, 0.3) is 0 Å². The second-order valence-corrected chi connectivity index (χ2v) is 5.02. The molecule has 0 bridgehead atoms. The molecule has 0 amide bonds. The third kappa shape index (κ3) is 4.87. The predicted octanol–water partition coefficient (Wildman–Crippen LogP) is 1.44. The van der Waals surface area contributed by atoms with Crippen LogP contribution < -0.4 is 5.32 Å². The first-order chi connectivity index (χ1) is 8.34. The van der Waals surface area contributed by atoms with E-state index in [1.807, 2.05) is 0 Å². The largest absolute Gasteiger partial charge is 0.379 e. The minimum absolute atomic E-state index is 0.110. The molecular formula is C11H21ClN4O. The van der Waals surface area contributed by atoms with Crippen LogP contribution in [0.2, 0.25) is 0 Å². The first kappa shape index (κ1) is 13.2. The Morgan fingerprint density at radius 3 is 2.76 bits per heavy atom. The van der Waals surface area contributed by atoms with Crippen LogP contribution in [0.1, 0.15) is 19.3 Å². The summed E-state index contributed by atoms with van der Waals surface area (Å²) in [4.78, 5) is 2.45. The number of ether oxygens (including phenoxy) is 1. The van der Waals surface area contributed by atoms with Gasteiger partial charge in [-0.1, -0.05) is 11.6 Å². The van der Waals surface area contributed by atoms with Gasteiger partial charge in [0, 0.05) is 13.1 Å². The average molecular weight is 261 g/mol. The van der Waals surface area contributed by atoms with Crippen molar-refractivity contribution in [3.8, 4) is 0 Å². The van der Waals surface area contributed by atoms with E-state index >= 15 is 0 Å². The lowest BCUT2D eigenvalue weighted by molar-refractivity contribution is 0.0373. The standard InChI is InChI=1S/C11H21ClN4O/c12-10-2-3-11(15-14-10)13-4-1-5-16-6-8-17-9-7-16/h10-11,13H,1-9H2. The van der Waals surface area contributed by atoms with E-state index in [4.69, 9.17) is 16.3 Å². The Kier molecular flexibility index (Phi) is 5.64. The van der Waals surface area contributed by atoms with Gasteiger partial charge < -0.3 is 4.74 Å². The maximum Gasteiger partial charge on any atom is 0.144 e. The Bertz CT molecular complexity index is 246. The van der Waals surface area contributed by atoms with Crippen LogP contribution in [-0.2, 0) is 4.74 Å². The van der Waals surface area contributed by atoms with Gasteiger partial charge in [-0.15, -0.1) is 0 Å². The molecule has 2 unspecified atom stereocenters. The highest BCUT2D eigenvalue weighted by Crippen LogP contribution is 2.16. The van der Waals surface area contributed by atoms with Gasteiger partial charge >= 0.3 is 0 Å². The summed E-state index contributed by atoms with van der Waals surface area (Å²) in [5, 5.41) is 11.5. The Labute approximate surface area is 108 Å². The first-order valence-corrected chi connectivity index (χ1v) is 6.86. The second kappa shape index (κ2) is 7.26. The Balaban J connectivity index is 1.52. The minimum Gasteiger partial charge on any atom is -0.379 e. The zero-order valence-electron chi connectivity index (χ0n) is 10.1. The highest BCUT2D eigenvalue weighted by molar-refractivity contribution is 6.20. The Morgan fingerprint density at radius 1 is 1.24 bits per heavy atom. The molecule has 2 rings (SSSR count). The van der Waals surface area contributed by atoms with Crippen molar-refractivity contribution in [1.82, 2.24) is 10.2 Å². The quantitative estimate of drug-likeness (QED) is 0.462. The number of nitrogens with one attached hydrogen (secondary N) is 1. The van der Waals surface area contributed by atoms with Gasteiger partial charge in [-0.25, -0.2) is 0 Å². The summed E-state index contributed by atoms with van der Waals surface area (Å²) in [7, 11) is 0. The molecule has 0 aromatic heterocycles. The maximum absolute atomic E-state index is 5.84. The SMILES string of the molecule is ClC1CCC(NCCCN2CCOCC2)N=N1. The number of nitrogens with zero attached hydrogens (tertiary/aromatic N) is 3. The van der Waals surface area contributed by atoms with Crippen molar-refractivity contribution in [2.45, 2.75) is 30.9 Å². The lowest BCUT2D eigenvalue weighted by Crippen LogP contribution is -2.38. The highest BCUT2D eigenvalue weighted by atomic mass is 35.5. The number of rotatable bonds is 5. The first-order valence-electron chi connectivity index (χ1n) is 6.42. The monoisotopic (exact) mass is 260 g/mol. The van der Waals surface area contributed by atoms with Crippen molar-refractivity contribution in [1.29, 1.82) is 0 Å². The summed E-state index contributed by atoms with van der Waals surface area (Å²) in [5.41, 5.74) is -0.110. The third-order valence-electron chi connectivity index (χ3n) is 3.14. The molecule has 0 saturated carbocycles. The molecule has 0 radical (unpaired) electrons. The minimum atomic E-state index is -0.110. The van der Waals surface area contributed by atoms with Gasteiger partial charge in [0.1, 0.15) is 11.7 Å². The number of morpholine rings is 1. The van der Waals surface area contributed by atoms with Crippen molar-refractivity contribution in [2.24, 2.45) is 10.2 Å². The fourth-order valence-electron chi connectivity index (χ4n) is 2.10. The van der Waals surface area contributed by atoms with Gasteiger partial charge in [0.15, 0.2) is 0 Å². The molecule has 1 saturated heterocycles. The van der Waals surface area contributed by atoms with Crippen LogP contribution >= 0.6 is 11.6 Å². The summed E-state index contributed by atoms with van der Waals surface area (Å²) in [6.07, 6.45) is 3.24. The molecular weight excluding hydrogens is 240 g/mol. The second-order valence-electron chi connectivity index (χ2n) is 4.52. The third-order valence-corrected chi connectivity index (χ3v) is 3.45. The van der Waals surface area contributed by atoms with Gasteiger partial charge in [0.2, 0.25) is 0 Å². The fourth-order valence-corrected chi connectivity index (χ4v) is 2.28. The molecule has 2 aliphatic rings. The molecule has 0 aromatic carbocycles. The van der Waals surface area contributed by atoms with E-state index in [2.05, 4.69) is 20.4 Å². The topological polar surface area (TPSA) is 49.2 Å². The summed E-state index contributed by atoms with van der Waals surface area (Å²) in [5.74, 6) is 0. The lowest BCUT2D eigenvalue weighted by atomic mass is 10.2. The van der Waals surface area contributed by atoms with Gasteiger partial charge in [0.25, 0.3) is 0 Å². The molecule has 6 heteroatoms. The summed E-state index contributed by atoms with van der Waals surface area (Å²) in [6.45, 7) is 6.02. The number of hydrogen-bond donors (Lipinski definition) is 1. The van der Waals surface area contributed by atoms with E-state index in [0.717, 1.165) is 58.7 Å². The van der Waals surface area contributed by atoms with E-state index in [-0.39, 0.29) is 11.7 Å². The van der Waals surface area contributed by atoms with Gasteiger partial charge in [-0.05, 0) is 32.4 Å². The van der Waals surface area contributed by atoms with Crippen LogP contribution in [0, 0.1) is 0 Å². The molecule has 0 aliphatic carbocycles. The molecule has 2 aliphatic heterocycles. The molecule has 17 heavy (non-hydrogen) atoms. The van der Waals surface area contributed by atoms with Gasteiger partial charge in [-0.3, -0.25) is 10.2 Å². The van der Waals surface area contributed by atoms with E-state index in [0.29, 0.717) is 0 Å². The fraction of sp³-hybridized carbons (Fsp3) is 1.00. The van der Waals surface area contributed by atoms with Crippen LogP contribution in [0.3, 0.4) is 0 Å². The van der Waals surface area contributed by atoms with E-state index < -0.39 is 0 Å². The Morgan fingerprint density at radius 2 is 2.06 bits per heavy atom. The van der Waals surface area contributed by atoms with Gasteiger partial charge in [-0.2, -0.15) is 10.2 Å². The molecule has 0 spiro atoms. The van der Waals surface area contributed by atoms with E-state index in [1.165, 1.54) is 0 Å². The summed E-state index contributed by atoms with van der Waals surface area (Å²) >= 11 is 5.84. The van der Waals surface area contributed by atoms with E-state index in [1.54, 1.807) is 0 Å². The zero-order chi connectivity index (χ0) is 11.9. The lowest BCUT2D eigenvalue weighted by Gasteiger charge is -2.26. The van der Waals surface area contributed by atoms with Crippen LogP contribution in [0.15, 0.2) is 10.2 Å². The Hall–Kier alpha value is -0.230. The normalized spacial score (nSPS) is 30.6. The molecule has 98 valence electrons.